The summed E-state index contributed by atoms with van der Waals surface area (Å²) in [7, 11) is 2.95. The molecule has 2 N–H and O–H groups in total. The van der Waals surface area contributed by atoms with Crippen LogP contribution >= 0.6 is 0 Å². The first-order valence-electron chi connectivity index (χ1n) is 5.47. The van der Waals surface area contributed by atoms with Gasteiger partial charge in [-0.15, -0.1) is 0 Å². The average molecular weight is 238 g/mol. The van der Waals surface area contributed by atoms with Crippen LogP contribution in [0, 0.1) is 0 Å². The quantitative estimate of drug-likeness (QED) is 0.746. The number of hydrogen-bond donors (Lipinski definition) is 1. The van der Waals surface area contributed by atoms with Gasteiger partial charge in [0.1, 0.15) is 0 Å². The third-order valence-electron chi connectivity index (χ3n) is 2.45. The Labute approximate surface area is 101 Å². The summed E-state index contributed by atoms with van der Waals surface area (Å²) in [5.41, 5.74) is 6.94. The number of nitrogens with two attached hydrogens (primary N) is 1. The van der Waals surface area contributed by atoms with Crippen LogP contribution in [-0.2, 0) is 16.0 Å². The van der Waals surface area contributed by atoms with Crippen molar-refractivity contribution in [1.82, 2.24) is 4.98 Å². The van der Waals surface area contributed by atoms with Gasteiger partial charge in [-0.3, -0.25) is 4.79 Å². The van der Waals surface area contributed by atoms with E-state index in [0.717, 1.165) is 5.56 Å². The number of carbonyl (C=O) groups excluding carboxylic acids is 1. The Morgan fingerprint density at radius 3 is 2.76 bits per heavy atom. The molecule has 94 valence electrons. The minimum Gasteiger partial charge on any atom is -0.481 e. The smallest absolute Gasteiger partial charge is 0.305 e. The number of methoxy groups -OCH3 is 2. The van der Waals surface area contributed by atoms with Gasteiger partial charge in [-0.25, -0.2) is 4.98 Å². The zero-order chi connectivity index (χ0) is 12.7. The van der Waals surface area contributed by atoms with E-state index in [1.54, 1.807) is 19.4 Å². The zero-order valence-corrected chi connectivity index (χ0v) is 10.2. The molecular weight excluding hydrogens is 220 g/mol. The van der Waals surface area contributed by atoms with Crippen molar-refractivity contribution >= 4 is 5.97 Å². The molecule has 1 unspecified atom stereocenters. The number of ether oxygens (including phenoxy) is 2. The Kier molecular flexibility index (Phi) is 5.42. The van der Waals surface area contributed by atoms with Gasteiger partial charge in [-0.2, -0.15) is 0 Å². The Morgan fingerprint density at radius 1 is 1.47 bits per heavy atom. The normalized spacial score (nSPS) is 11.9. The van der Waals surface area contributed by atoms with Gasteiger partial charge < -0.3 is 15.2 Å². The van der Waals surface area contributed by atoms with Crippen LogP contribution in [0.4, 0.5) is 0 Å². The van der Waals surface area contributed by atoms with E-state index in [9.17, 15) is 4.79 Å². The second-order valence-electron chi connectivity index (χ2n) is 3.79. The molecule has 0 bridgehead atoms. The van der Waals surface area contributed by atoms with E-state index < -0.39 is 0 Å². The van der Waals surface area contributed by atoms with Gasteiger partial charge in [0.25, 0.3) is 0 Å². The maximum absolute atomic E-state index is 10.9. The fraction of sp³-hybridized carbons (Fsp3) is 0.500. The summed E-state index contributed by atoms with van der Waals surface area (Å²) in [6.07, 6.45) is 3.38. The van der Waals surface area contributed by atoms with E-state index in [1.165, 1.54) is 7.11 Å². The lowest BCUT2D eigenvalue weighted by Crippen LogP contribution is -2.24. The highest BCUT2D eigenvalue weighted by Gasteiger charge is 2.08. The van der Waals surface area contributed by atoms with Crippen LogP contribution in [0.25, 0.3) is 0 Å². The minimum atomic E-state index is -0.228. The molecule has 0 amide bonds. The summed E-state index contributed by atoms with van der Waals surface area (Å²) in [5, 5.41) is 0. The van der Waals surface area contributed by atoms with E-state index >= 15 is 0 Å². The number of rotatable bonds is 6. The fourth-order valence-corrected chi connectivity index (χ4v) is 1.46. The number of pyridine rings is 1. The predicted molar refractivity (Wildman–Crippen MR) is 63.7 cm³/mol. The number of hydrogen-bond acceptors (Lipinski definition) is 5. The number of esters is 1. The van der Waals surface area contributed by atoms with Crippen LogP contribution in [0.3, 0.4) is 0 Å². The molecule has 0 saturated heterocycles. The summed E-state index contributed by atoms with van der Waals surface area (Å²) < 4.78 is 9.52. The van der Waals surface area contributed by atoms with Gasteiger partial charge in [0.2, 0.25) is 5.88 Å². The van der Waals surface area contributed by atoms with E-state index in [4.69, 9.17) is 10.5 Å². The second kappa shape index (κ2) is 6.85. The lowest BCUT2D eigenvalue weighted by Gasteiger charge is -2.10. The summed E-state index contributed by atoms with van der Waals surface area (Å²) in [6.45, 7) is 0. The minimum absolute atomic E-state index is 0.0655. The Hall–Kier alpha value is -1.62. The van der Waals surface area contributed by atoms with Gasteiger partial charge in [0.15, 0.2) is 0 Å². The molecule has 0 aliphatic rings. The molecule has 0 spiro atoms. The summed E-state index contributed by atoms with van der Waals surface area (Å²) in [4.78, 5) is 15.0. The van der Waals surface area contributed by atoms with Crippen LogP contribution in [0.15, 0.2) is 18.3 Å². The molecule has 1 rings (SSSR count). The molecule has 5 nitrogen and oxygen atoms in total. The maximum atomic E-state index is 10.9. The topological polar surface area (TPSA) is 74.4 Å². The summed E-state index contributed by atoms with van der Waals surface area (Å²) in [5.74, 6) is 0.352. The molecule has 1 aromatic heterocycles. The maximum Gasteiger partial charge on any atom is 0.305 e. The zero-order valence-electron chi connectivity index (χ0n) is 10.2. The standard InChI is InChI=1S/C12H18N2O3/c1-16-11-5-3-9(8-14-11)7-10(13)4-6-12(15)17-2/h3,5,8,10H,4,6-7,13H2,1-2H3. The second-order valence-corrected chi connectivity index (χ2v) is 3.79. The van der Waals surface area contributed by atoms with Crippen LogP contribution in [0.2, 0.25) is 0 Å². The van der Waals surface area contributed by atoms with Crippen molar-refractivity contribution in [2.24, 2.45) is 5.73 Å². The van der Waals surface area contributed by atoms with Gasteiger partial charge in [-0.05, 0) is 18.4 Å². The number of nitrogens with zero attached hydrogens (tertiary/aromatic N) is 1. The summed E-state index contributed by atoms with van der Waals surface area (Å²) >= 11 is 0. The molecule has 1 heterocycles. The highest BCUT2D eigenvalue weighted by atomic mass is 16.5. The van der Waals surface area contributed by atoms with Crippen molar-refractivity contribution in [3.63, 3.8) is 0 Å². The highest BCUT2D eigenvalue weighted by molar-refractivity contribution is 5.69. The molecule has 0 saturated carbocycles. The van der Waals surface area contributed by atoms with Crippen molar-refractivity contribution in [3.8, 4) is 5.88 Å². The fourth-order valence-electron chi connectivity index (χ4n) is 1.46. The Bertz CT molecular complexity index is 351. The van der Waals surface area contributed by atoms with E-state index in [-0.39, 0.29) is 12.0 Å². The van der Waals surface area contributed by atoms with Crippen molar-refractivity contribution in [1.29, 1.82) is 0 Å². The van der Waals surface area contributed by atoms with E-state index in [1.807, 2.05) is 6.07 Å². The first-order chi connectivity index (χ1) is 8.15. The monoisotopic (exact) mass is 238 g/mol. The van der Waals surface area contributed by atoms with Gasteiger partial charge >= 0.3 is 5.97 Å². The van der Waals surface area contributed by atoms with Gasteiger partial charge in [0.05, 0.1) is 14.2 Å². The highest BCUT2D eigenvalue weighted by Crippen LogP contribution is 2.10. The number of aromatic nitrogens is 1. The molecule has 0 radical (unpaired) electrons. The Morgan fingerprint density at radius 2 is 2.24 bits per heavy atom. The van der Waals surface area contributed by atoms with E-state index in [2.05, 4.69) is 9.72 Å². The van der Waals surface area contributed by atoms with Gasteiger partial charge in [0, 0.05) is 24.7 Å². The molecule has 0 fully saturated rings. The molecule has 17 heavy (non-hydrogen) atoms. The van der Waals surface area contributed by atoms with E-state index in [0.29, 0.717) is 25.1 Å². The molecule has 0 aromatic carbocycles. The van der Waals surface area contributed by atoms with Crippen LogP contribution in [0.1, 0.15) is 18.4 Å². The summed E-state index contributed by atoms with van der Waals surface area (Å²) in [6, 6.07) is 3.65. The largest absolute Gasteiger partial charge is 0.481 e. The number of carbonyl (C=O) groups is 1. The lowest BCUT2D eigenvalue weighted by atomic mass is 10.0. The molecule has 0 aliphatic carbocycles. The molecule has 1 atom stereocenters. The van der Waals surface area contributed by atoms with Crippen molar-refractivity contribution in [2.75, 3.05) is 14.2 Å². The first-order valence-corrected chi connectivity index (χ1v) is 5.47. The molecule has 1 aromatic rings. The Balaban J connectivity index is 2.39. The molecule has 5 heteroatoms. The van der Waals surface area contributed by atoms with Crippen LogP contribution < -0.4 is 10.5 Å². The average Bonchev–Trinajstić information content (AvgIpc) is 2.36. The van der Waals surface area contributed by atoms with Crippen LogP contribution in [-0.4, -0.2) is 31.2 Å². The van der Waals surface area contributed by atoms with Crippen molar-refractivity contribution in [2.45, 2.75) is 25.3 Å². The third-order valence-corrected chi connectivity index (χ3v) is 2.45. The van der Waals surface area contributed by atoms with Crippen LogP contribution in [0.5, 0.6) is 5.88 Å². The van der Waals surface area contributed by atoms with Crippen molar-refractivity contribution in [3.05, 3.63) is 23.9 Å². The molecular formula is C12H18N2O3. The predicted octanol–water partition coefficient (Wildman–Crippen LogP) is 0.913. The first kappa shape index (κ1) is 13.4. The lowest BCUT2D eigenvalue weighted by molar-refractivity contribution is -0.140. The van der Waals surface area contributed by atoms with Gasteiger partial charge in [-0.1, -0.05) is 6.07 Å². The molecule has 0 aliphatic heterocycles. The SMILES string of the molecule is COC(=O)CCC(N)Cc1ccc(OC)nc1. The third kappa shape index (κ3) is 4.82. The van der Waals surface area contributed by atoms with Crippen molar-refractivity contribution < 1.29 is 14.3 Å².